The van der Waals surface area contributed by atoms with Gasteiger partial charge < -0.3 is 0 Å². The fourth-order valence-electron chi connectivity index (χ4n) is 0. The molecule has 0 rings (SSSR count). The van der Waals surface area contributed by atoms with E-state index >= 15 is 0 Å². The largest absolute Gasteiger partial charge is 0.422 e. The molecule has 0 aliphatic carbocycles. The van der Waals surface area contributed by atoms with Crippen molar-refractivity contribution in [2.24, 2.45) is 0 Å². The van der Waals surface area contributed by atoms with Gasteiger partial charge in [-0.15, -0.1) is 0 Å². The molecule has 0 amide bonds. The average molecular weight is 240 g/mol. The van der Waals surface area contributed by atoms with Crippen molar-refractivity contribution in [1.82, 2.24) is 0 Å². The molecule has 8 heavy (non-hydrogen) atoms. The van der Waals surface area contributed by atoms with Gasteiger partial charge in [0.15, 0.2) is 0 Å². The van der Waals surface area contributed by atoms with E-state index in [0.29, 0.717) is 0 Å². The number of rotatable bonds is 0. The fourth-order valence-corrected chi connectivity index (χ4v) is 0. The molecule has 0 aromatic rings. The number of allylic oxidation sites excluding steroid dienone is 1. The molecule has 0 fully saturated rings. The minimum atomic E-state index is -4.28. The van der Waals surface area contributed by atoms with E-state index in [1.165, 1.54) is 0 Å². The van der Waals surface area contributed by atoms with Gasteiger partial charge in [0, 0.05) is 19.5 Å². The van der Waals surface area contributed by atoms with Crippen molar-refractivity contribution < 1.29 is 32.6 Å². The SMILES string of the molecule is C=C(Br)C(F)(F)F.[Zn]. The summed E-state index contributed by atoms with van der Waals surface area (Å²) in [4.78, 5) is 0. The molecule has 0 nitrogen and oxygen atoms in total. The quantitative estimate of drug-likeness (QED) is 0.571. The molecule has 0 spiro atoms. The second kappa shape index (κ2) is 3.62. The summed E-state index contributed by atoms with van der Waals surface area (Å²) in [5.74, 6) is 0. The Morgan fingerprint density at radius 2 is 1.50 bits per heavy atom. The van der Waals surface area contributed by atoms with Crippen molar-refractivity contribution in [3.8, 4) is 0 Å². The van der Waals surface area contributed by atoms with Crippen LogP contribution in [0.25, 0.3) is 0 Å². The Bertz CT molecular complexity index is 87.0. The predicted octanol–water partition coefficient (Wildman–Crippen LogP) is 2.45. The zero-order chi connectivity index (χ0) is 6.08. The molecule has 0 saturated carbocycles. The molecule has 0 aliphatic heterocycles. The maximum absolute atomic E-state index is 11.0. The molecule has 5 heteroatoms. The maximum Gasteiger partial charge on any atom is 0.422 e. The first-order chi connectivity index (χ1) is 2.94. The summed E-state index contributed by atoms with van der Waals surface area (Å²) < 4.78 is 32.2. The molecule has 0 N–H and O–H groups in total. The van der Waals surface area contributed by atoms with Crippen molar-refractivity contribution in [1.29, 1.82) is 0 Å². The van der Waals surface area contributed by atoms with Gasteiger partial charge in [-0.25, -0.2) is 0 Å². The van der Waals surface area contributed by atoms with E-state index in [1.807, 2.05) is 0 Å². The van der Waals surface area contributed by atoms with Crippen molar-refractivity contribution in [2.75, 3.05) is 0 Å². The summed E-state index contributed by atoms with van der Waals surface area (Å²) in [5.41, 5.74) is 0. The van der Waals surface area contributed by atoms with Crippen molar-refractivity contribution in [3.63, 3.8) is 0 Å². The zero-order valence-corrected chi connectivity index (χ0v) is 8.48. The topological polar surface area (TPSA) is 0 Å². The predicted molar refractivity (Wildman–Crippen MR) is 24.1 cm³/mol. The molecule has 0 aromatic carbocycles. The number of hydrogen-bond acceptors (Lipinski definition) is 0. The Hall–Kier alpha value is 0.633. The molecule has 0 unspecified atom stereocenters. The van der Waals surface area contributed by atoms with E-state index in [0.717, 1.165) is 0 Å². The molecule has 0 atom stereocenters. The van der Waals surface area contributed by atoms with Crippen LogP contribution in [0.2, 0.25) is 0 Å². The van der Waals surface area contributed by atoms with Crippen LogP contribution in [0, 0.1) is 0 Å². The van der Waals surface area contributed by atoms with E-state index in [4.69, 9.17) is 0 Å². The zero-order valence-electron chi connectivity index (χ0n) is 3.93. The van der Waals surface area contributed by atoms with Crippen LogP contribution < -0.4 is 0 Å². The Labute approximate surface area is 66.0 Å². The third kappa shape index (κ3) is 4.78. The molecular weight excluding hydrogens is 238 g/mol. The summed E-state index contributed by atoms with van der Waals surface area (Å²) in [7, 11) is 0. The van der Waals surface area contributed by atoms with Gasteiger partial charge in [-0.1, -0.05) is 6.58 Å². The van der Waals surface area contributed by atoms with E-state index in [-0.39, 0.29) is 19.5 Å². The van der Waals surface area contributed by atoms with Crippen molar-refractivity contribution >= 4 is 15.9 Å². The van der Waals surface area contributed by atoms with Crippen LogP contribution in [0.4, 0.5) is 13.2 Å². The third-order valence-corrected chi connectivity index (χ3v) is 0.757. The summed E-state index contributed by atoms with van der Waals surface area (Å²) in [5, 5.41) is 0. The average Bonchev–Trinajstić information content (AvgIpc) is 1.31. The number of halogens is 4. The first kappa shape index (κ1) is 11.4. The molecule has 44 valence electrons. The van der Waals surface area contributed by atoms with Crippen LogP contribution in [0.15, 0.2) is 11.1 Å². The monoisotopic (exact) mass is 238 g/mol. The normalized spacial score (nSPS) is 10.0. The summed E-state index contributed by atoms with van der Waals surface area (Å²) >= 11 is 2.18. The van der Waals surface area contributed by atoms with Gasteiger partial charge in [-0.2, -0.15) is 13.2 Å². The van der Waals surface area contributed by atoms with Crippen molar-refractivity contribution in [3.05, 3.63) is 11.1 Å². The Kier molecular flexibility index (Phi) is 5.17. The second-order valence-corrected chi connectivity index (χ2v) is 1.86. The van der Waals surface area contributed by atoms with Gasteiger partial charge in [0.2, 0.25) is 0 Å². The standard InChI is InChI=1S/C3H2BrF3.Zn/c1-2(4)3(5,6)7;/h1H2;. The van der Waals surface area contributed by atoms with E-state index in [2.05, 4.69) is 22.5 Å². The minimum absolute atomic E-state index is 0. The molecule has 0 heterocycles. The molecular formula is C3H2BrF3Zn. The Morgan fingerprint density at radius 1 is 1.38 bits per heavy atom. The fraction of sp³-hybridized carbons (Fsp3) is 0.333. The van der Waals surface area contributed by atoms with Gasteiger partial charge in [-0.3, -0.25) is 0 Å². The summed E-state index contributed by atoms with van der Waals surface area (Å²) in [6, 6.07) is 0. The van der Waals surface area contributed by atoms with Crippen LogP contribution in [-0.2, 0) is 19.5 Å². The molecule has 0 radical (unpaired) electrons. The second-order valence-electron chi connectivity index (χ2n) is 0.903. The molecule has 0 aliphatic rings. The van der Waals surface area contributed by atoms with Gasteiger partial charge in [0.25, 0.3) is 0 Å². The number of hydrogen-bond donors (Lipinski definition) is 0. The Balaban J connectivity index is 0. The van der Waals surface area contributed by atoms with E-state index < -0.39 is 10.7 Å². The Morgan fingerprint density at radius 3 is 1.50 bits per heavy atom. The first-order valence-electron chi connectivity index (χ1n) is 1.36. The van der Waals surface area contributed by atoms with E-state index in [9.17, 15) is 13.2 Å². The van der Waals surface area contributed by atoms with Crippen LogP contribution in [0.3, 0.4) is 0 Å². The molecule has 0 bridgehead atoms. The first-order valence-corrected chi connectivity index (χ1v) is 2.15. The van der Waals surface area contributed by atoms with Gasteiger partial charge in [0.05, 0.1) is 4.48 Å². The van der Waals surface area contributed by atoms with Crippen LogP contribution in [0.5, 0.6) is 0 Å². The number of alkyl halides is 3. The van der Waals surface area contributed by atoms with Crippen molar-refractivity contribution in [2.45, 2.75) is 6.18 Å². The minimum Gasteiger partial charge on any atom is -0.166 e. The van der Waals surface area contributed by atoms with Gasteiger partial charge in [-0.05, 0) is 15.9 Å². The van der Waals surface area contributed by atoms with Crippen LogP contribution >= 0.6 is 15.9 Å². The maximum atomic E-state index is 11.0. The van der Waals surface area contributed by atoms with Gasteiger partial charge in [0.1, 0.15) is 0 Å². The molecule has 0 saturated heterocycles. The van der Waals surface area contributed by atoms with Crippen LogP contribution in [0.1, 0.15) is 0 Å². The third-order valence-electron chi connectivity index (χ3n) is 0.308. The van der Waals surface area contributed by atoms with E-state index in [1.54, 1.807) is 0 Å². The smallest absolute Gasteiger partial charge is 0.166 e. The summed E-state index contributed by atoms with van der Waals surface area (Å²) in [6.45, 7) is 2.62. The van der Waals surface area contributed by atoms with Gasteiger partial charge >= 0.3 is 6.18 Å². The summed E-state index contributed by atoms with van der Waals surface area (Å²) in [6.07, 6.45) is -4.28. The molecule has 0 aromatic heterocycles. The van der Waals surface area contributed by atoms with Crippen LogP contribution in [-0.4, -0.2) is 6.18 Å².